The number of hydrogen-bond donors (Lipinski definition) is 1. The van der Waals surface area contributed by atoms with Gasteiger partial charge >= 0.3 is 0 Å². The van der Waals surface area contributed by atoms with Crippen molar-refractivity contribution in [3.63, 3.8) is 0 Å². The number of aryl methyl sites for hydroxylation is 2. The molecule has 3 rings (SSSR count). The molecule has 0 fully saturated rings. The van der Waals surface area contributed by atoms with Crippen LogP contribution in [-0.2, 0) is 24.2 Å². The number of carbonyl (C=O) groups is 1. The fraction of sp³-hybridized carbons (Fsp3) is 0.375. The molecule has 1 aliphatic heterocycles. The number of hydrogen-bond acceptors (Lipinski definition) is 2. The summed E-state index contributed by atoms with van der Waals surface area (Å²) in [4.78, 5) is 16.1. The van der Waals surface area contributed by atoms with E-state index in [1.807, 2.05) is 12.5 Å². The zero-order valence-electron chi connectivity index (χ0n) is 11.8. The van der Waals surface area contributed by atoms with E-state index in [4.69, 9.17) is 0 Å². The summed E-state index contributed by atoms with van der Waals surface area (Å²) in [6, 6.07) is 6.75. The van der Waals surface area contributed by atoms with Crippen molar-refractivity contribution in [3.05, 3.63) is 53.9 Å². The second-order valence-corrected chi connectivity index (χ2v) is 5.43. The summed E-state index contributed by atoms with van der Waals surface area (Å²) < 4.78 is 15.6. The summed E-state index contributed by atoms with van der Waals surface area (Å²) in [5.74, 6) is -0.261. The zero-order chi connectivity index (χ0) is 14.7. The molecule has 0 spiro atoms. The Kier molecular flexibility index (Phi) is 3.99. The minimum absolute atomic E-state index is 0.0174. The molecule has 2 aromatic rings. The Morgan fingerprint density at radius 1 is 1.43 bits per heavy atom. The van der Waals surface area contributed by atoms with E-state index in [-0.39, 0.29) is 17.8 Å². The Morgan fingerprint density at radius 2 is 2.29 bits per heavy atom. The number of fused-ring (bicyclic) bond motifs is 1. The molecule has 110 valence electrons. The third-order valence-corrected chi connectivity index (χ3v) is 3.92. The highest BCUT2D eigenvalue weighted by atomic mass is 19.1. The lowest BCUT2D eigenvalue weighted by Gasteiger charge is -2.24. The molecule has 1 aromatic heterocycles. The first-order valence-corrected chi connectivity index (χ1v) is 7.24. The van der Waals surface area contributed by atoms with Crippen LogP contribution in [0.5, 0.6) is 0 Å². The lowest BCUT2D eigenvalue weighted by Crippen LogP contribution is -2.40. The second kappa shape index (κ2) is 6.08. The standard InChI is InChI=1S/C16H18FN3O/c17-15-4-2-1-3-12(15)5-6-16(21)19-13-7-8-20-11-18-10-14(20)9-13/h1-4,10-11,13H,5-9H2,(H,19,21). The number of amides is 1. The van der Waals surface area contributed by atoms with Gasteiger partial charge in [-0.25, -0.2) is 9.37 Å². The monoisotopic (exact) mass is 287 g/mol. The van der Waals surface area contributed by atoms with E-state index in [2.05, 4.69) is 14.9 Å². The van der Waals surface area contributed by atoms with E-state index in [0.29, 0.717) is 18.4 Å². The Hall–Kier alpha value is -2.17. The van der Waals surface area contributed by atoms with Gasteiger partial charge in [0.15, 0.2) is 0 Å². The Bertz CT molecular complexity index is 638. The molecule has 5 heteroatoms. The summed E-state index contributed by atoms with van der Waals surface area (Å²) in [5.41, 5.74) is 1.75. The van der Waals surface area contributed by atoms with Gasteiger partial charge < -0.3 is 9.88 Å². The molecule has 1 N–H and O–H groups in total. The first-order chi connectivity index (χ1) is 10.2. The Balaban J connectivity index is 1.50. The van der Waals surface area contributed by atoms with Gasteiger partial charge in [0.1, 0.15) is 5.82 Å². The third-order valence-electron chi connectivity index (χ3n) is 3.92. The molecule has 0 saturated heterocycles. The molecule has 1 aromatic carbocycles. The van der Waals surface area contributed by atoms with Gasteiger partial charge in [0.2, 0.25) is 5.91 Å². The van der Waals surface area contributed by atoms with E-state index >= 15 is 0 Å². The number of nitrogens with zero attached hydrogens (tertiary/aromatic N) is 2. The molecule has 0 bridgehead atoms. The van der Waals surface area contributed by atoms with Crippen LogP contribution in [0, 0.1) is 5.82 Å². The minimum atomic E-state index is -0.244. The number of halogens is 1. The predicted molar refractivity (Wildman–Crippen MR) is 77.2 cm³/mol. The van der Waals surface area contributed by atoms with Gasteiger partial charge in [0.25, 0.3) is 0 Å². The summed E-state index contributed by atoms with van der Waals surface area (Å²) in [5, 5.41) is 3.04. The summed E-state index contributed by atoms with van der Waals surface area (Å²) >= 11 is 0. The van der Waals surface area contributed by atoms with Crippen LogP contribution in [0.2, 0.25) is 0 Å². The molecule has 1 unspecified atom stereocenters. The second-order valence-electron chi connectivity index (χ2n) is 5.43. The van der Waals surface area contributed by atoms with Crippen LogP contribution in [-0.4, -0.2) is 21.5 Å². The van der Waals surface area contributed by atoms with Crippen molar-refractivity contribution in [2.24, 2.45) is 0 Å². The van der Waals surface area contributed by atoms with Gasteiger partial charge in [0, 0.05) is 37.3 Å². The van der Waals surface area contributed by atoms with E-state index in [1.165, 1.54) is 6.07 Å². The average molecular weight is 287 g/mol. The molecule has 2 heterocycles. The molecule has 0 aliphatic carbocycles. The highest BCUT2D eigenvalue weighted by molar-refractivity contribution is 5.76. The van der Waals surface area contributed by atoms with E-state index in [0.717, 1.165) is 25.1 Å². The fourth-order valence-corrected chi connectivity index (χ4v) is 2.74. The van der Waals surface area contributed by atoms with E-state index < -0.39 is 0 Å². The molecule has 4 nitrogen and oxygen atoms in total. The highest BCUT2D eigenvalue weighted by Gasteiger charge is 2.20. The normalized spacial score (nSPS) is 17.3. The average Bonchev–Trinajstić information content (AvgIpc) is 2.94. The summed E-state index contributed by atoms with van der Waals surface area (Å²) in [6.07, 6.45) is 6.14. The first kappa shape index (κ1) is 13.8. The molecular formula is C16H18FN3O. The molecule has 1 atom stereocenters. The number of rotatable bonds is 4. The largest absolute Gasteiger partial charge is 0.353 e. The van der Waals surface area contributed by atoms with Crippen LogP contribution in [0.3, 0.4) is 0 Å². The maximum absolute atomic E-state index is 13.5. The highest BCUT2D eigenvalue weighted by Crippen LogP contribution is 2.14. The third kappa shape index (κ3) is 3.29. The number of aromatic nitrogens is 2. The lowest BCUT2D eigenvalue weighted by atomic mass is 10.0. The van der Waals surface area contributed by atoms with E-state index in [1.54, 1.807) is 18.2 Å². The SMILES string of the molecule is O=C(CCc1ccccc1F)NC1CCn2cncc2C1. The maximum atomic E-state index is 13.5. The summed E-state index contributed by atoms with van der Waals surface area (Å²) in [6.45, 7) is 0.883. The molecule has 1 amide bonds. The number of imidazole rings is 1. The van der Waals surface area contributed by atoms with Gasteiger partial charge in [0.05, 0.1) is 6.33 Å². The topological polar surface area (TPSA) is 46.9 Å². The molecular weight excluding hydrogens is 269 g/mol. The van der Waals surface area contributed by atoms with Crippen molar-refractivity contribution < 1.29 is 9.18 Å². The Labute approximate surface area is 123 Å². The van der Waals surface area contributed by atoms with Crippen LogP contribution in [0.15, 0.2) is 36.8 Å². The van der Waals surface area contributed by atoms with E-state index in [9.17, 15) is 9.18 Å². The van der Waals surface area contributed by atoms with Crippen molar-refractivity contribution >= 4 is 5.91 Å². The van der Waals surface area contributed by atoms with Crippen LogP contribution in [0.4, 0.5) is 4.39 Å². The van der Waals surface area contributed by atoms with Gasteiger partial charge in [-0.2, -0.15) is 0 Å². The predicted octanol–water partition coefficient (Wildman–Crippen LogP) is 2.09. The van der Waals surface area contributed by atoms with Crippen molar-refractivity contribution in [1.29, 1.82) is 0 Å². The van der Waals surface area contributed by atoms with Crippen molar-refractivity contribution in [3.8, 4) is 0 Å². The summed E-state index contributed by atoms with van der Waals surface area (Å²) in [7, 11) is 0. The number of carbonyl (C=O) groups excluding carboxylic acids is 1. The number of nitrogens with one attached hydrogen (secondary N) is 1. The zero-order valence-corrected chi connectivity index (χ0v) is 11.8. The van der Waals surface area contributed by atoms with Crippen molar-refractivity contribution in [2.75, 3.05) is 0 Å². The smallest absolute Gasteiger partial charge is 0.220 e. The minimum Gasteiger partial charge on any atom is -0.353 e. The van der Waals surface area contributed by atoms with Crippen LogP contribution in [0.1, 0.15) is 24.1 Å². The molecule has 0 radical (unpaired) electrons. The quantitative estimate of drug-likeness (QED) is 0.936. The van der Waals surface area contributed by atoms with Crippen LogP contribution < -0.4 is 5.32 Å². The fourth-order valence-electron chi connectivity index (χ4n) is 2.74. The maximum Gasteiger partial charge on any atom is 0.220 e. The van der Waals surface area contributed by atoms with Crippen molar-refractivity contribution in [1.82, 2.24) is 14.9 Å². The van der Waals surface area contributed by atoms with Gasteiger partial charge in [-0.1, -0.05) is 18.2 Å². The van der Waals surface area contributed by atoms with Gasteiger partial charge in [-0.05, 0) is 24.5 Å². The number of benzene rings is 1. The van der Waals surface area contributed by atoms with Crippen molar-refractivity contribution in [2.45, 2.75) is 38.3 Å². The van der Waals surface area contributed by atoms with Crippen LogP contribution >= 0.6 is 0 Å². The molecule has 1 aliphatic rings. The lowest BCUT2D eigenvalue weighted by molar-refractivity contribution is -0.121. The Morgan fingerprint density at radius 3 is 3.14 bits per heavy atom. The molecule has 21 heavy (non-hydrogen) atoms. The van der Waals surface area contributed by atoms with Gasteiger partial charge in [-0.3, -0.25) is 4.79 Å². The molecule has 0 saturated carbocycles. The van der Waals surface area contributed by atoms with Gasteiger partial charge in [-0.15, -0.1) is 0 Å². The van der Waals surface area contributed by atoms with Crippen LogP contribution in [0.25, 0.3) is 0 Å². The first-order valence-electron chi connectivity index (χ1n) is 7.24.